The van der Waals surface area contributed by atoms with Gasteiger partial charge in [-0.25, -0.2) is 0 Å². The fourth-order valence-corrected chi connectivity index (χ4v) is 1.36. The van der Waals surface area contributed by atoms with Crippen molar-refractivity contribution < 1.29 is 9.26 Å². The fourth-order valence-electron chi connectivity index (χ4n) is 1.36. The molecule has 4 nitrogen and oxygen atoms in total. The van der Waals surface area contributed by atoms with E-state index in [1.54, 1.807) is 7.11 Å². The molecule has 1 aromatic heterocycles. The van der Waals surface area contributed by atoms with Gasteiger partial charge in [0, 0.05) is 11.1 Å². The van der Waals surface area contributed by atoms with Crippen molar-refractivity contribution in [1.82, 2.24) is 5.16 Å². The molecule has 78 valence electrons. The molecule has 0 fully saturated rings. The van der Waals surface area contributed by atoms with E-state index in [4.69, 9.17) is 15.0 Å². The molecule has 2 rings (SSSR count). The predicted molar refractivity (Wildman–Crippen MR) is 57.6 cm³/mol. The van der Waals surface area contributed by atoms with Crippen molar-refractivity contribution in [3.8, 4) is 17.1 Å². The number of nitrogen functional groups attached to an aromatic ring is 1. The topological polar surface area (TPSA) is 61.3 Å². The maximum Gasteiger partial charge on any atom is 0.171 e. The quantitative estimate of drug-likeness (QED) is 0.814. The van der Waals surface area contributed by atoms with E-state index in [0.717, 1.165) is 16.9 Å². The Kier molecular flexibility index (Phi) is 2.33. The summed E-state index contributed by atoms with van der Waals surface area (Å²) >= 11 is 0. The van der Waals surface area contributed by atoms with Gasteiger partial charge in [0.25, 0.3) is 0 Å². The van der Waals surface area contributed by atoms with Crippen molar-refractivity contribution in [2.45, 2.75) is 6.92 Å². The van der Waals surface area contributed by atoms with Crippen molar-refractivity contribution in [1.29, 1.82) is 0 Å². The Hall–Kier alpha value is -1.97. The lowest BCUT2D eigenvalue weighted by Crippen LogP contribution is -1.86. The summed E-state index contributed by atoms with van der Waals surface area (Å²) in [6.07, 6.45) is 0. The zero-order valence-corrected chi connectivity index (χ0v) is 8.65. The van der Waals surface area contributed by atoms with Crippen LogP contribution in [0.3, 0.4) is 0 Å². The van der Waals surface area contributed by atoms with Crippen molar-refractivity contribution in [2.24, 2.45) is 0 Å². The van der Waals surface area contributed by atoms with Gasteiger partial charge in [-0.3, -0.25) is 0 Å². The van der Waals surface area contributed by atoms with Crippen LogP contribution < -0.4 is 10.5 Å². The Morgan fingerprint density at radius 2 is 1.93 bits per heavy atom. The van der Waals surface area contributed by atoms with Crippen molar-refractivity contribution in [3.05, 3.63) is 29.8 Å². The van der Waals surface area contributed by atoms with Gasteiger partial charge in [-0.05, 0) is 31.2 Å². The van der Waals surface area contributed by atoms with Gasteiger partial charge in [-0.1, -0.05) is 5.16 Å². The second-order valence-corrected chi connectivity index (χ2v) is 3.25. The summed E-state index contributed by atoms with van der Waals surface area (Å²) in [5.41, 5.74) is 7.41. The van der Waals surface area contributed by atoms with E-state index < -0.39 is 0 Å². The number of ether oxygens (including phenoxy) is 1. The molecular formula is C11H12N2O2. The van der Waals surface area contributed by atoms with Crippen LogP contribution in [0.2, 0.25) is 0 Å². The Bertz CT molecular complexity index is 460. The Balaban J connectivity index is 2.41. The zero-order valence-electron chi connectivity index (χ0n) is 8.65. The van der Waals surface area contributed by atoms with Gasteiger partial charge >= 0.3 is 0 Å². The second kappa shape index (κ2) is 3.65. The third-order valence-electron chi connectivity index (χ3n) is 2.31. The maximum atomic E-state index is 5.60. The fraction of sp³-hybridized carbons (Fsp3) is 0.182. The molecule has 0 saturated carbocycles. The molecule has 0 bridgehead atoms. The highest BCUT2D eigenvalue weighted by atomic mass is 16.5. The lowest BCUT2D eigenvalue weighted by atomic mass is 10.1. The smallest absolute Gasteiger partial charge is 0.171 e. The maximum absolute atomic E-state index is 5.60. The Morgan fingerprint density at radius 3 is 2.40 bits per heavy atom. The molecule has 2 N–H and O–H groups in total. The number of anilines is 1. The first kappa shape index (κ1) is 9.58. The number of hydrogen-bond donors (Lipinski definition) is 1. The number of aromatic nitrogens is 1. The number of nitrogens with zero attached hydrogens (tertiary/aromatic N) is 1. The van der Waals surface area contributed by atoms with Crippen LogP contribution in [-0.4, -0.2) is 12.3 Å². The summed E-state index contributed by atoms with van der Waals surface area (Å²) in [7, 11) is 1.63. The molecule has 0 aliphatic heterocycles. The van der Waals surface area contributed by atoms with Crippen molar-refractivity contribution in [2.75, 3.05) is 12.8 Å². The van der Waals surface area contributed by atoms with Gasteiger partial charge < -0.3 is 15.0 Å². The average molecular weight is 204 g/mol. The zero-order chi connectivity index (χ0) is 10.8. The summed E-state index contributed by atoms with van der Waals surface area (Å²) in [6, 6.07) is 7.55. The minimum absolute atomic E-state index is 0.431. The molecule has 0 aliphatic carbocycles. The van der Waals surface area contributed by atoms with E-state index in [2.05, 4.69) is 5.16 Å². The van der Waals surface area contributed by atoms with Crippen molar-refractivity contribution in [3.63, 3.8) is 0 Å². The second-order valence-electron chi connectivity index (χ2n) is 3.25. The average Bonchev–Trinajstić information content (AvgIpc) is 2.60. The number of nitrogens with two attached hydrogens (primary N) is 1. The van der Waals surface area contributed by atoms with E-state index in [1.807, 2.05) is 31.2 Å². The third kappa shape index (κ3) is 1.66. The summed E-state index contributed by atoms with van der Waals surface area (Å²) in [6.45, 7) is 1.88. The molecule has 1 aromatic carbocycles. The molecule has 0 atom stereocenters. The Morgan fingerprint density at radius 1 is 1.27 bits per heavy atom. The standard InChI is InChI=1S/C11H12N2O2/c1-7-10(15-13-11(7)12)8-3-5-9(14-2)6-4-8/h3-6H,1-2H3,(H2,12,13). The summed E-state index contributed by atoms with van der Waals surface area (Å²) in [5.74, 6) is 1.94. The highest BCUT2D eigenvalue weighted by Gasteiger charge is 2.10. The van der Waals surface area contributed by atoms with Crippen LogP contribution in [0.4, 0.5) is 5.82 Å². The highest BCUT2D eigenvalue weighted by Crippen LogP contribution is 2.27. The highest BCUT2D eigenvalue weighted by molar-refractivity contribution is 5.65. The minimum Gasteiger partial charge on any atom is -0.497 e. The van der Waals surface area contributed by atoms with Crippen LogP contribution in [0, 0.1) is 6.92 Å². The molecule has 4 heteroatoms. The van der Waals surface area contributed by atoms with Crippen molar-refractivity contribution >= 4 is 5.82 Å². The van der Waals surface area contributed by atoms with Crippen LogP contribution in [0.5, 0.6) is 5.75 Å². The van der Waals surface area contributed by atoms with Crippen LogP contribution in [0.25, 0.3) is 11.3 Å². The number of rotatable bonds is 2. The predicted octanol–water partition coefficient (Wildman–Crippen LogP) is 2.24. The monoisotopic (exact) mass is 204 g/mol. The molecule has 0 unspecified atom stereocenters. The summed E-state index contributed by atoms with van der Waals surface area (Å²) < 4.78 is 10.2. The molecule has 0 radical (unpaired) electrons. The number of hydrogen-bond acceptors (Lipinski definition) is 4. The van der Waals surface area contributed by atoms with E-state index >= 15 is 0 Å². The van der Waals surface area contributed by atoms with E-state index in [0.29, 0.717) is 11.6 Å². The largest absolute Gasteiger partial charge is 0.497 e. The van der Waals surface area contributed by atoms with Gasteiger partial charge in [0.2, 0.25) is 0 Å². The van der Waals surface area contributed by atoms with Gasteiger partial charge in [-0.2, -0.15) is 0 Å². The molecule has 0 saturated heterocycles. The molecule has 2 aromatic rings. The molecule has 0 aliphatic rings. The van der Waals surface area contributed by atoms with Crippen LogP contribution >= 0.6 is 0 Å². The van der Waals surface area contributed by atoms with Crippen LogP contribution in [0.15, 0.2) is 28.8 Å². The van der Waals surface area contributed by atoms with Crippen LogP contribution in [0.1, 0.15) is 5.56 Å². The molecule has 1 heterocycles. The summed E-state index contributed by atoms with van der Waals surface area (Å²) in [4.78, 5) is 0. The van der Waals surface area contributed by atoms with Crippen LogP contribution in [-0.2, 0) is 0 Å². The SMILES string of the molecule is COc1ccc(-c2onc(N)c2C)cc1. The van der Waals surface area contributed by atoms with E-state index in [1.165, 1.54) is 0 Å². The number of benzene rings is 1. The first-order valence-corrected chi connectivity index (χ1v) is 4.58. The molecule has 0 spiro atoms. The lowest BCUT2D eigenvalue weighted by Gasteiger charge is -2.00. The first-order chi connectivity index (χ1) is 7.22. The first-order valence-electron chi connectivity index (χ1n) is 4.58. The molecule has 15 heavy (non-hydrogen) atoms. The lowest BCUT2D eigenvalue weighted by molar-refractivity contribution is 0.414. The van der Waals surface area contributed by atoms with E-state index in [9.17, 15) is 0 Å². The molecular weight excluding hydrogens is 192 g/mol. The van der Waals surface area contributed by atoms with Gasteiger partial charge in [0.05, 0.1) is 7.11 Å². The normalized spacial score (nSPS) is 10.3. The third-order valence-corrected chi connectivity index (χ3v) is 2.31. The summed E-state index contributed by atoms with van der Waals surface area (Å²) in [5, 5.41) is 3.71. The minimum atomic E-state index is 0.431. The van der Waals surface area contributed by atoms with E-state index in [-0.39, 0.29) is 0 Å². The Labute approximate surface area is 87.6 Å². The molecule has 0 amide bonds. The van der Waals surface area contributed by atoms with Gasteiger partial charge in [-0.15, -0.1) is 0 Å². The van der Waals surface area contributed by atoms with Gasteiger partial charge in [0.1, 0.15) is 5.75 Å². The number of methoxy groups -OCH3 is 1. The van der Waals surface area contributed by atoms with Gasteiger partial charge in [0.15, 0.2) is 11.6 Å².